The van der Waals surface area contributed by atoms with Crippen molar-refractivity contribution in [1.82, 2.24) is 4.90 Å². The van der Waals surface area contributed by atoms with Gasteiger partial charge in [-0.25, -0.2) is 4.79 Å². The molecule has 0 bridgehead atoms. The lowest BCUT2D eigenvalue weighted by Gasteiger charge is -2.27. The van der Waals surface area contributed by atoms with Crippen LogP contribution >= 0.6 is 0 Å². The molecule has 0 spiro atoms. The second-order valence-corrected chi connectivity index (χ2v) is 4.44. The number of rotatable bonds is 6. The summed E-state index contributed by atoms with van der Waals surface area (Å²) >= 11 is 0. The van der Waals surface area contributed by atoms with Crippen LogP contribution in [0.15, 0.2) is 24.3 Å². The van der Waals surface area contributed by atoms with Gasteiger partial charge in [-0.15, -0.1) is 0 Å². The monoisotopic (exact) mass is 280 g/mol. The zero-order valence-corrected chi connectivity index (χ0v) is 12.0. The minimum absolute atomic E-state index is 0.234. The Kier molecular flexibility index (Phi) is 5.99. The third kappa shape index (κ3) is 4.24. The van der Waals surface area contributed by atoms with Crippen molar-refractivity contribution in [1.29, 1.82) is 0 Å². The van der Waals surface area contributed by atoms with E-state index in [1.807, 2.05) is 31.2 Å². The summed E-state index contributed by atoms with van der Waals surface area (Å²) in [5, 5.41) is 8.89. The van der Waals surface area contributed by atoms with E-state index in [0.29, 0.717) is 6.61 Å². The second kappa shape index (κ2) is 7.49. The standard InChI is InChI=1S/C14H20N2O4/c1-11-6-4-5-7-12(11)15(2)14(19)16(8-9-20-3)10-13(17)18/h4-7H,8-10H2,1-3H3,(H,17,18). The van der Waals surface area contributed by atoms with Crippen LogP contribution in [0.2, 0.25) is 0 Å². The van der Waals surface area contributed by atoms with Gasteiger partial charge in [-0.05, 0) is 18.6 Å². The quantitative estimate of drug-likeness (QED) is 0.859. The summed E-state index contributed by atoms with van der Waals surface area (Å²) in [5.74, 6) is -1.05. The Hall–Kier alpha value is -2.08. The Morgan fingerprint density at radius 1 is 1.30 bits per heavy atom. The van der Waals surface area contributed by atoms with Gasteiger partial charge >= 0.3 is 12.0 Å². The summed E-state index contributed by atoms with van der Waals surface area (Å²) in [6.45, 7) is 2.08. The molecule has 0 heterocycles. The fraction of sp³-hybridized carbons (Fsp3) is 0.429. The molecular formula is C14H20N2O4. The molecule has 2 amide bonds. The molecular weight excluding hydrogens is 260 g/mol. The van der Waals surface area contributed by atoms with Gasteiger partial charge in [-0.3, -0.25) is 9.69 Å². The number of carbonyl (C=O) groups excluding carboxylic acids is 1. The van der Waals surface area contributed by atoms with Gasteiger partial charge in [0.25, 0.3) is 0 Å². The number of ether oxygens (including phenoxy) is 1. The van der Waals surface area contributed by atoms with E-state index in [2.05, 4.69) is 0 Å². The van der Waals surface area contributed by atoms with Crippen molar-refractivity contribution in [3.8, 4) is 0 Å². The molecule has 1 aromatic carbocycles. The van der Waals surface area contributed by atoms with Crippen LogP contribution in [0.25, 0.3) is 0 Å². The molecule has 0 radical (unpaired) electrons. The number of hydrogen-bond donors (Lipinski definition) is 1. The topological polar surface area (TPSA) is 70.1 Å². The minimum atomic E-state index is -1.05. The van der Waals surface area contributed by atoms with Crippen LogP contribution in [0.4, 0.5) is 10.5 Å². The van der Waals surface area contributed by atoms with Gasteiger partial charge in [0.1, 0.15) is 6.54 Å². The number of carbonyl (C=O) groups is 2. The number of para-hydroxylation sites is 1. The summed E-state index contributed by atoms with van der Waals surface area (Å²) in [6.07, 6.45) is 0. The molecule has 0 saturated carbocycles. The largest absolute Gasteiger partial charge is 0.480 e. The summed E-state index contributed by atoms with van der Waals surface area (Å²) in [5.41, 5.74) is 1.70. The third-order valence-corrected chi connectivity index (χ3v) is 2.93. The van der Waals surface area contributed by atoms with E-state index < -0.39 is 5.97 Å². The predicted octanol–water partition coefficient (Wildman–Crippen LogP) is 1.58. The number of urea groups is 1. The number of nitrogens with zero attached hydrogens (tertiary/aromatic N) is 2. The zero-order valence-electron chi connectivity index (χ0n) is 12.0. The summed E-state index contributed by atoms with van der Waals surface area (Å²) in [7, 11) is 3.14. The van der Waals surface area contributed by atoms with Crippen LogP contribution in [-0.4, -0.2) is 55.9 Å². The maximum Gasteiger partial charge on any atom is 0.324 e. The molecule has 110 valence electrons. The van der Waals surface area contributed by atoms with Gasteiger partial charge in [0, 0.05) is 26.4 Å². The van der Waals surface area contributed by atoms with Crippen molar-refractivity contribution in [2.45, 2.75) is 6.92 Å². The lowest BCUT2D eigenvalue weighted by molar-refractivity contribution is -0.137. The first kappa shape index (κ1) is 16.0. The van der Waals surface area contributed by atoms with Gasteiger partial charge in [-0.2, -0.15) is 0 Å². The van der Waals surface area contributed by atoms with Crippen molar-refractivity contribution < 1.29 is 19.4 Å². The molecule has 0 aromatic heterocycles. The van der Waals surface area contributed by atoms with Crippen molar-refractivity contribution in [2.24, 2.45) is 0 Å². The normalized spacial score (nSPS) is 10.2. The molecule has 6 nitrogen and oxygen atoms in total. The van der Waals surface area contributed by atoms with E-state index in [1.54, 1.807) is 7.05 Å². The van der Waals surface area contributed by atoms with E-state index in [4.69, 9.17) is 9.84 Å². The van der Waals surface area contributed by atoms with Gasteiger partial charge in [0.05, 0.1) is 6.61 Å². The highest BCUT2D eigenvalue weighted by Crippen LogP contribution is 2.19. The van der Waals surface area contributed by atoms with E-state index in [1.165, 1.54) is 16.9 Å². The minimum Gasteiger partial charge on any atom is -0.480 e. The van der Waals surface area contributed by atoms with Crippen LogP contribution < -0.4 is 4.90 Å². The first-order chi connectivity index (χ1) is 9.47. The summed E-state index contributed by atoms with van der Waals surface area (Å²) in [4.78, 5) is 25.9. The van der Waals surface area contributed by atoms with E-state index in [-0.39, 0.29) is 19.1 Å². The molecule has 0 aliphatic carbocycles. The van der Waals surface area contributed by atoms with Gasteiger partial charge < -0.3 is 14.7 Å². The predicted molar refractivity (Wildman–Crippen MR) is 76.1 cm³/mol. The molecule has 6 heteroatoms. The lowest BCUT2D eigenvalue weighted by atomic mass is 10.2. The third-order valence-electron chi connectivity index (χ3n) is 2.93. The Labute approximate surface area is 118 Å². The Morgan fingerprint density at radius 3 is 2.50 bits per heavy atom. The Bertz CT molecular complexity index is 476. The smallest absolute Gasteiger partial charge is 0.324 e. The average Bonchev–Trinajstić information content (AvgIpc) is 2.42. The molecule has 1 rings (SSSR count). The number of amides is 2. The maximum atomic E-state index is 12.4. The number of hydrogen-bond acceptors (Lipinski definition) is 3. The zero-order chi connectivity index (χ0) is 15.1. The molecule has 1 N–H and O–H groups in total. The molecule has 0 aliphatic heterocycles. The lowest BCUT2D eigenvalue weighted by Crippen LogP contribution is -2.45. The van der Waals surface area contributed by atoms with Crippen LogP contribution in [0, 0.1) is 6.92 Å². The van der Waals surface area contributed by atoms with Crippen molar-refractivity contribution in [2.75, 3.05) is 38.8 Å². The number of anilines is 1. The van der Waals surface area contributed by atoms with E-state index in [0.717, 1.165) is 11.3 Å². The molecule has 1 aromatic rings. The summed E-state index contributed by atoms with van der Waals surface area (Å²) < 4.78 is 4.91. The number of carboxylic acids is 1. The average molecular weight is 280 g/mol. The molecule has 0 aliphatic rings. The van der Waals surface area contributed by atoms with E-state index >= 15 is 0 Å². The van der Waals surface area contributed by atoms with E-state index in [9.17, 15) is 9.59 Å². The van der Waals surface area contributed by atoms with Crippen LogP contribution in [0.1, 0.15) is 5.56 Å². The SMILES string of the molecule is COCCN(CC(=O)O)C(=O)N(C)c1ccccc1C. The number of methoxy groups -OCH3 is 1. The van der Waals surface area contributed by atoms with Crippen molar-refractivity contribution in [3.05, 3.63) is 29.8 Å². The maximum absolute atomic E-state index is 12.4. The van der Waals surface area contributed by atoms with Crippen LogP contribution in [0.3, 0.4) is 0 Å². The number of carboxylic acid groups (broad SMARTS) is 1. The molecule has 0 atom stereocenters. The van der Waals surface area contributed by atoms with Gasteiger partial charge in [0.2, 0.25) is 0 Å². The molecule has 0 fully saturated rings. The van der Waals surface area contributed by atoms with Crippen molar-refractivity contribution >= 4 is 17.7 Å². The Balaban J connectivity index is 2.87. The molecule has 0 unspecified atom stereocenters. The fourth-order valence-corrected chi connectivity index (χ4v) is 1.86. The highest BCUT2D eigenvalue weighted by Gasteiger charge is 2.21. The highest BCUT2D eigenvalue weighted by molar-refractivity contribution is 5.93. The first-order valence-electron chi connectivity index (χ1n) is 6.26. The molecule has 20 heavy (non-hydrogen) atoms. The van der Waals surface area contributed by atoms with Crippen LogP contribution in [0.5, 0.6) is 0 Å². The number of aliphatic carboxylic acids is 1. The number of benzene rings is 1. The van der Waals surface area contributed by atoms with Gasteiger partial charge in [-0.1, -0.05) is 18.2 Å². The van der Waals surface area contributed by atoms with Gasteiger partial charge in [0.15, 0.2) is 0 Å². The highest BCUT2D eigenvalue weighted by atomic mass is 16.5. The van der Waals surface area contributed by atoms with Crippen molar-refractivity contribution in [3.63, 3.8) is 0 Å². The van der Waals surface area contributed by atoms with Crippen LogP contribution in [-0.2, 0) is 9.53 Å². The fourth-order valence-electron chi connectivity index (χ4n) is 1.86. The Morgan fingerprint density at radius 2 is 1.95 bits per heavy atom. The summed E-state index contributed by atoms with van der Waals surface area (Å²) in [6, 6.07) is 7.08. The first-order valence-corrected chi connectivity index (χ1v) is 6.26. The number of aryl methyl sites for hydroxylation is 1. The molecule has 0 saturated heterocycles. The second-order valence-electron chi connectivity index (χ2n) is 4.44.